The summed E-state index contributed by atoms with van der Waals surface area (Å²) in [6, 6.07) is 18.5. The number of aryl methyl sites for hydroxylation is 1. The highest BCUT2D eigenvalue weighted by Crippen LogP contribution is 2.26. The van der Waals surface area contributed by atoms with Crippen LogP contribution in [0.2, 0.25) is 0 Å². The highest BCUT2D eigenvalue weighted by atomic mass is 16.5. The predicted molar refractivity (Wildman–Crippen MR) is 120 cm³/mol. The van der Waals surface area contributed by atoms with Gasteiger partial charge in [0.25, 0.3) is 0 Å². The molecule has 0 saturated carbocycles. The van der Waals surface area contributed by atoms with Crippen LogP contribution in [0.25, 0.3) is 0 Å². The van der Waals surface area contributed by atoms with E-state index in [-0.39, 0.29) is 0 Å². The maximum Gasteiger partial charge on any atom is 0.193 e. The smallest absolute Gasteiger partial charge is 0.193 e. The van der Waals surface area contributed by atoms with Gasteiger partial charge in [0.15, 0.2) is 5.96 Å². The molecule has 2 heterocycles. The summed E-state index contributed by atoms with van der Waals surface area (Å²) in [5, 5.41) is 7.82. The molecular formula is C24H29N5O. The van der Waals surface area contributed by atoms with Gasteiger partial charge in [-0.3, -0.25) is 9.67 Å². The first-order valence-electron chi connectivity index (χ1n) is 10.4. The van der Waals surface area contributed by atoms with Crippen LogP contribution in [0.4, 0.5) is 0 Å². The molecule has 2 aromatic carbocycles. The normalized spacial score (nSPS) is 16.7. The summed E-state index contributed by atoms with van der Waals surface area (Å²) in [5.74, 6) is 2.33. The number of likely N-dealkylation sites (tertiary alicyclic amines) is 1. The summed E-state index contributed by atoms with van der Waals surface area (Å²) >= 11 is 0. The molecule has 1 saturated heterocycles. The lowest BCUT2D eigenvalue weighted by molar-refractivity contribution is 0.306. The zero-order valence-corrected chi connectivity index (χ0v) is 17.7. The van der Waals surface area contributed by atoms with Crippen LogP contribution in [0, 0.1) is 0 Å². The Balaban J connectivity index is 1.31. The minimum Gasteiger partial charge on any atom is -0.489 e. The van der Waals surface area contributed by atoms with E-state index in [1.54, 1.807) is 0 Å². The van der Waals surface area contributed by atoms with Crippen molar-refractivity contribution in [3.05, 3.63) is 83.7 Å². The molecule has 0 aliphatic carbocycles. The summed E-state index contributed by atoms with van der Waals surface area (Å²) in [6.45, 7) is 3.25. The largest absolute Gasteiger partial charge is 0.489 e. The third-order valence-electron chi connectivity index (χ3n) is 5.49. The van der Waals surface area contributed by atoms with Crippen LogP contribution in [0.3, 0.4) is 0 Å². The van der Waals surface area contributed by atoms with Crippen molar-refractivity contribution in [1.29, 1.82) is 0 Å². The Hall–Kier alpha value is -3.28. The quantitative estimate of drug-likeness (QED) is 0.505. The molecule has 1 aromatic heterocycles. The van der Waals surface area contributed by atoms with Crippen LogP contribution >= 0.6 is 0 Å². The number of hydrogen-bond acceptors (Lipinski definition) is 3. The summed E-state index contributed by atoms with van der Waals surface area (Å²) in [5.41, 5.74) is 3.64. The van der Waals surface area contributed by atoms with Crippen LogP contribution < -0.4 is 10.1 Å². The Morgan fingerprint density at radius 1 is 1.17 bits per heavy atom. The molecular weight excluding hydrogens is 374 g/mol. The average molecular weight is 404 g/mol. The maximum atomic E-state index is 5.95. The number of nitrogens with one attached hydrogen (secondary N) is 1. The third kappa shape index (κ3) is 5.00. The van der Waals surface area contributed by atoms with Gasteiger partial charge in [0, 0.05) is 45.8 Å². The van der Waals surface area contributed by atoms with Gasteiger partial charge in [0.05, 0.1) is 6.20 Å². The predicted octanol–water partition coefficient (Wildman–Crippen LogP) is 3.56. The first-order chi connectivity index (χ1) is 14.7. The van der Waals surface area contributed by atoms with E-state index in [0.29, 0.717) is 19.1 Å². The van der Waals surface area contributed by atoms with Gasteiger partial charge in [-0.2, -0.15) is 5.10 Å². The summed E-state index contributed by atoms with van der Waals surface area (Å²) in [4.78, 5) is 6.82. The Labute approximate surface area is 178 Å². The Kier molecular flexibility index (Phi) is 6.32. The van der Waals surface area contributed by atoms with E-state index in [0.717, 1.165) is 31.2 Å². The molecule has 1 aliphatic rings. The maximum absolute atomic E-state index is 5.95. The fourth-order valence-electron chi connectivity index (χ4n) is 3.88. The SMILES string of the molecule is CN=C(NCc1cccc(OCc2ccccc2)c1)N1CCC(c2cnn(C)c2)C1. The molecule has 4 rings (SSSR count). The van der Waals surface area contributed by atoms with Crippen LogP contribution in [-0.2, 0) is 20.2 Å². The second kappa shape index (κ2) is 9.48. The van der Waals surface area contributed by atoms with Crippen molar-refractivity contribution < 1.29 is 4.74 Å². The molecule has 30 heavy (non-hydrogen) atoms. The zero-order valence-electron chi connectivity index (χ0n) is 17.7. The molecule has 0 amide bonds. The third-order valence-corrected chi connectivity index (χ3v) is 5.49. The molecule has 3 aromatic rings. The lowest BCUT2D eigenvalue weighted by Gasteiger charge is -2.21. The summed E-state index contributed by atoms with van der Waals surface area (Å²) < 4.78 is 7.83. The molecule has 1 atom stereocenters. The van der Waals surface area contributed by atoms with E-state index in [9.17, 15) is 0 Å². The number of aliphatic imine (C=N–C) groups is 1. The highest BCUT2D eigenvalue weighted by molar-refractivity contribution is 5.80. The van der Waals surface area contributed by atoms with E-state index < -0.39 is 0 Å². The van der Waals surface area contributed by atoms with E-state index in [1.807, 2.05) is 55.3 Å². The molecule has 6 nitrogen and oxygen atoms in total. The van der Waals surface area contributed by atoms with Crippen molar-refractivity contribution in [2.45, 2.75) is 25.5 Å². The van der Waals surface area contributed by atoms with Gasteiger partial charge in [-0.15, -0.1) is 0 Å². The monoisotopic (exact) mass is 403 g/mol. The summed E-state index contributed by atoms with van der Waals surface area (Å²) in [6.07, 6.45) is 5.21. The van der Waals surface area contributed by atoms with Gasteiger partial charge in [-0.1, -0.05) is 42.5 Å². The molecule has 1 aliphatic heterocycles. The van der Waals surface area contributed by atoms with E-state index in [1.165, 1.54) is 16.7 Å². The number of hydrogen-bond donors (Lipinski definition) is 1. The molecule has 6 heteroatoms. The van der Waals surface area contributed by atoms with Gasteiger partial charge in [-0.25, -0.2) is 0 Å². The highest BCUT2D eigenvalue weighted by Gasteiger charge is 2.26. The van der Waals surface area contributed by atoms with Crippen LogP contribution in [-0.4, -0.2) is 40.8 Å². The van der Waals surface area contributed by atoms with Crippen molar-refractivity contribution in [3.8, 4) is 5.75 Å². The number of nitrogens with zero attached hydrogens (tertiary/aromatic N) is 4. The Morgan fingerprint density at radius 3 is 2.77 bits per heavy atom. The second-order valence-corrected chi connectivity index (χ2v) is 7.70. The van der Waals surface area contributed by atoms with Gasteiger partial charge >= 0.3 is 0 Å². The fraction of sp³-hybridized carbons (Fsp3) is 0.333. The topological polar surface area (TPSA) is 54.7 Å². The molecule has 0 bridgehead atoms. The molecule has 1 fully saturated rings. The lowest BCUT2D eigenvalue weighted by atomic mass is 10.0. The van der Waals surface area contributed by atoms with Gasteiger partial charge in [-0.05, 0) is 35.2 Å². The zero-order chi connectivity index (χ0) is 20.8. The number of guanidine groups is 1. The Bertz CT molecular complexity index is 982. The van der Waals surface area contributed by atoms with Crippen LogP contribution in [0.1, 0.15) is 29.0 Å². The molecule has 1 unspecified atom stereocenters. The molecule has 1 N–H and O–H groups in total. The minimum atomic E-state index is 0.506. The van der Waals surface area contributed by atoms with E-state index >= 15 is 0 Å². The van der Waals surface area contributed by atoms with Crippen molar-refractivity contribution in [2.24, 2.45) is 12.0 Å². The van der Waals surface area contributed by atoms with Crippen LogP contribution in [0.5, 0.6) is 5.75 Å². The second-order valence-electron chi connectivity index (χ2n) is 7.70. The Morgan fingerprint density at radius 2 is 2.00 bits per heavy atom. The van der Waals surface area contributed by atoms with Gasteiger partial charge < -0.3 is 15.0 Å². The fourth-order valence-corrected chi connectivity index (χ4v) is 3.88. The molecule has 156 valence electrons. The average Bonchev–Trinajstić information content (AvgIpc) is 3.43. The minimum absolute atomic E-state index is 0.506. The van der Waals surface area contributed by atoms with Gasteiger partial charge in [0.2, 0.25) is 0 Å². The summed E-state index contributed by atoms with van der Waals surface area (Å²) in [7, 11) is 3.81. The van der Waals surface area contributed by atoms with Crippen molar-refractivity contribution in [2.75, 3.05) is 20.1 Å². The van der Waals surface area contributed by atoms with Crippen molar-refractivity contribution >= 4 is 5.96 Å². The number of benzene rings is 2. The molecule has 0 spiro atoms. The standard InChI is InChI=1S/C24H29N5O/c1-25-24(29-12-11-21(17-29)22-15-27-28(2)16-22)26-14-20-9-6-10-23(13-20)30-18-19-7-4-3-5-8-19/h3-10,13,15-16,21H,11-12,14,17-18H2,1-2H3,(H,25,26). The lowest BCUT2D eigenvalue weighted by Crippen LogP contribution is -2.39. The van der Waals surface area contributed by atoms with Crippen LogP contribution in [0.15, 0.2) is 72.0 Å². The van der Waals surface area contributed by atoms with Crippen molar-refractivity contribution in [3.63, 3.8) is 0 Å². The number of ether oxygens (including phenoxy) is 1. The first kappa shape index (κ1) is 20.0. The van der Waals surface area contributed by atoms with E-state index in [2.05, 4.69) is 50.8 Å². The number of aromatic nitrogens is 2. The van der Waals surface area contributed by atoms with Gasteiger partial charge in [0.1, 0.15) is 12.4 Å². The first-order valence-corrected chi connectivity index (χ1v) is 10.4. The van der Waals surface area contributed by atoms with E-state index in [4.69, 9.17) is 4.74 Å². The van der Waals surface area contributed by atoms with Crippen molar-refractivity contribution in [1.82, 2.24) is 20.0 Å². The number of rotatable bonds is 6. The molecule has 0 radical (unpaired) electrons.